The Labute approximate surface area is 85.3 Å². The summed E-state index contributed by atoms with van der Waals surface area (Å²) in [4.78, 5) is 0. The van der Waals surface area contributed by atoms with Gasteiger partial charge in [-0.15, -0.1) is 0 Å². The number of anilines is 1. The van der Waals surface area contributed by atoms with Gasteiger partial charge in [0.2, 0.25) is 0 Å². The summed E-state index contributed by atoms with van der Waals surface area (Å²) in [6.07, 6.45) is 3.55. The molecule has 1 aromatic carbocycles. The number of fused-ring (bicyclic) bond motifs is 1. The molecular formula is C10H9N5. The van der Waals surface area contributed by atoms with Gasteiger partial charge in [0.15, 0.2) is 0 Å². The van der Waals surface area contributed by atoms with Crippen LogP contribution in [0.5, 0.6) is 0 Å². The van der Waals surface area contributed by atoms with Crippen molar-refractivity contribution in [1.29, 1.82) is 0 Å². The number of hydrogen-bond donors (Lipinski definition) is 3. The van der Waals surface area contributed by atoms with Crippen molar-refractivity contribution in [3.63, 3.8) is 0 Å². The number of benzene rings is 1. The molecule has 0 saturated carbocycles. The predicted molar refractivity (Wildman–Crippen MR) is 58.1 cm³/mol. The van der Waals surface area contributed by atoms with Gasteiger partial charge in [0, 0.05) is 22.8 Å². The van der Waals surface area contributed by atoms with E-state index in [4.69, 9.17) is 5.73 Å². The first-order valence-corrected chi connectivity index (χ1v) is 4.57. The fourth-order valence-electron chi connectivity index (χ4n) is 1.64. The van der Waals surface area contributed by atoms with Crippen molar-refractivity contribution in [1.82, 2.24) is 20.4 Å². The van der Waals surface area contributed by atoms with Crippen molar-refractivity contribution in [3.8, 4) is 11.3 Å². The fourth-order valence-corrected chi connectivity index (χ4v) is 1.64. The molecule has 2 aromatic heterocycles. The van der Waals surface area contributed by atoms with Crippen LogP contribution in [0.15, 0.2) is 30.6 Å². The Kier molecular flexibility index (Phi) is 1.53. The minimum absolute atomic E-state index is 0.727. The van der Waals surface area contributed by atoms with Crippen LogP contribution in [-0.4, -0.2) is 20.4 Å². The molecule has 0 saturated heterocycles. The molecule has 5 nitrogen and oxygen atoms in total. The summed E-state index contributed by atoms with van der Waals surface area (Å²) in [5.74, 6) is 0. The summed E-state index contributed by atoms with van der Waals surface area (Å²) in [6.45, 7) is 0. The average molecular weight is 199 g/mol. The molecule has 0 unspecified atom stereocenters. The molecule has 74 valence electrons. The van der Waals surface area contributed by atoms with E-state index in [9.17, 15) is 0 Å². The minimum Gasteiger partial charge on any atom is -0.399 e. The first-order valence-electron chi connectivity index (χ1n) is 4.57. The van der Waals surface area contributed by atoms with E-state index >= 15 is 0 Å². The van der Waals surface area contributed by atoms with Gasteiger partial charge in [0.05, 0.1) is 11.7 Å². The Balaban J connectivity index is 2.29. The summed E-state index contributed by atoms with van der Waals surface area (Å²) in [5.41, 5.74) is 9.20. The lowest BCUT2D eigenvalue weighted by Gasteiger charge is -1.93. The van der Waals surface area contributed by atoms with Crippen molar-refractivity contribution in [2.75, 3.05) is 5.73 Å². The molecule has 0 spiro atoms. The second kappa shape index (κ2) is 2.84. The Bertz CT molecular complexity index is 593. The van der Waals surface area contributed by atoms with Crippen molar-refractivity contribution in [2.45, 2.75) is 0 Å². The highest BCUT2D eigenvalue weighted by Crippen LogP contribution is 2.26. The van der Waals surface area contributed by atoms with Crippen molar-refractivity contribution in [3.05, 3.63) is 30.6 Å². The minimum atomic E-state index is 0.727. The zero-order chi connectivity index (χ0) is 10.3. The maximum atomic E-state index is 5.69. The molecule has 0 atom stereocenters. The molecule has 0 aliphatic heterocycles. The first-order chi connectivity index (χ1) is 7.34. The van der Waals surface area contributed by atoms with Gasteiger partial charge < -0.3 is 5.73 Å². The predicted octanol–water partition coefficient (Wildman–Crippen LogP) is 1.54. The Morgan fingerprint density at radius 2 is 2.20 bits per heavy atom. The molecule has 0 bridgehead atoms. The highest BCUT2D eigenvalue weighted by Gasteiger charge is 2.08. The van der Waals surface area contributed by atoms with Crippen LogP contribution in [-0.2, 0) is 0 Å². The van der Waals surface area contributed by atoms with Crippen LogP contribution in [0.3, 0.4) is 0 Å². The van der Waals surface area contributed by atoms with Gasteiger partial charge >= 0.3 is 0 Å². The van der Waals surface area contributed by atoms with Crippen molar-refractivity contribution < 1.29 is 0 Å². The summed E-state index contributed by atoms with van der Waals surface area (Å²) >= 11 is 0. The Morgan fingerprint density at radius 1 is 1.27 bits per heavy atom. The summed E-state index contributed by atoms with van der Waals surface area (Å²) in [7, 11) is 0. The van der Waals surface area contributed by atoms with Gasteiger partial charge in [-0.1, -0.05) is 0 Å². The third kappa shape index (κ3) is 1.17. The maximum absolute atomic E-state index is 5.69. The lowest BCUT2D eigenvalue weighted by atomic mass is 10.1. The molecule has 0 aliphatic rings. The maximum Gasteiger partial charge on any atom is 0.103 e. The first kappa shape index (κ1) is 8.05. The van der Waals surface area contributed by atoms with Crippen molar-refractivity contribution in [2.24, 2.45) is 0 Å². The average Bonchev–Trinajstić information content (AvgIpc) is 2.82. The lowest BCUT2D eigenvalue weighted by Crippen LogP contribution is -1.82. The number of H-pyrrole nitrogens is 2. The second-order valence-electron chi connectivity index (χ2n) is 3.36. The van der Waals surface area contributed by atoms with Gasteiger partial charge in [-0.05, 0) is 18.2 Å². The second-order valence-corrected chi connectivity index (χ2v) is 3.36. The van der Waals surface area contributed by atoms with E-state index in [1.807, 2.05) is 24.4 Å². The summed E-state index contributed by atoms with van der Waals surface area (Å²) in [6, 6.07) is 5.68. The molecule has 5 heteroatoms. The number of aromatic nitrogens is 4. The summed E-state index contributed by atoms with van der Waals surface area (Å²) < 4.78 is 0. The molecule has 15 heavy (non-hydrogen) atoms. The normalized spacial score (nSPS) is 10.9. The topological polar surface area (TPSA) is 83.4 Å². The lowest BCUT2D eigenvalue weighted by molar-refractivity contribution is 1.09. The zero-order valence-electron chi connectivity index (χ0n) is 7.86. The fraction of sp³-hybridized carbons (Fsp3) is 0. The number of nitrogens with two attached hydrogens (primary N) is 1. The highest BCUT2D eigenvalue weighted by atomic mass is 15.1. The van der Waals surface area contributed by atoms with E-state index in [0.29, 0.717) is 0 Å². The van der Waals surface area contributed by atoms with Crippen LogP contribution < -0.4 is 5.73 Å². The smallest absolute Gasteiger partial charge is 0.103 e. The zero-order valence-corrected chi connectivity index (χ0v) is 7.86. The molecule has 3 aromatic rings. The molecule has 0 radical (unpaired) electrons. The van der Waals surface area contributed by atoms with E-state index in [0.717, 1.165) is 27.8 Å². The summed E-state index contributed by atoms with van der Waals surface area (Å²) in [5, 5.41) is 14.9. The third-order valence-electron chi connectivity index (χ3n) is 2.36. The monoisotopic (exact) mass is 199 g/mol. The number of aromatic amines is 2. The molecule has 4 N–H and O–H groups in total. The number of rotatable bonds is 1. The number of nitrogens with zero attached hydrogens (tertiary/aromatic N) is 2. The van der Waals surface area contributed by atoms with Crippen LogP contribution in [0.4, 0.5) is 5.69 Å². The molecule has 0 fully saturated rings. The van der Waals surface area contributed by atoms with Crippen LogP contribution in [0, 0.1) is 0 Å². The van der Waals surface area contributed by atoms with E-state index in [1.54, 1.807) is 6.20 Å². The molecule has 3 rings (SSSR count). The molecule has 0 aliphatic carbocycles. The van der Waals surface area contributed by atoms with E-state index < -0.39 is 0 Å². The van der Waals surface area contributed by atoms with E-state index in [2.05, 4.69) is 20.4 Å². The molecular weight excluding hydrogens is 190 g/mol. The van der Waals surface area contributed by atoms with Crippen molar-refractivity contribution >= 4 is 16.6 Å². The highest BCUT2D eigenvalue weighted by molar-refractivity contribution is 5.93. The van der Waals surface area contributed by atoms with Gasteiger partial charge in [-0.2, -0.15) is 10.2 Å². The molecule has 0 amide bonds. The quantitative estimate of drug-likeness (QED) is 0.520. The van der Waals surface area contributed by atoms with Crippen LogP contribution >= 0.6 is 0 Å². The molecule has 2 heterocycles. The van der Waals surface area contributed by atoms with Gasteiger partial charge in [-0.3, -0.25) is 10.2 Å². The van der Waals surface area contributed by atoms with E-state index in [-0.39, 0.29) is 0 Å². The standard InChI is InChI=1S/C10H9N5/c11-7-1-2-8-9(3-7)14-15-10(8)6-4-12-13-5-6/h1-5H,11H2,(H,12,13)(H,14,15). The van der Waals surface area contributed by atoms with Gasteiger partial charge in [0.25, 0.3) is 0 Å². The number of hydrogen-bond acceptors (Lipinski definition) is 3. The van der Waals surface area contributed by atoms with Crippen LogP contribution in [0.25, 0.3) is 22.2 Å². The number of nitrogens with one attached hydrogen (secondary N) is 2. The van der Waals surface area contributed by atoms with Crippen LogP contribution in [0.1, 0.15) is 0 Å². The number of nitrogen functional groups attached to an aromatic ring is 1. The largest absolute Gasteiger partial charge is 0.399 e. The van der Waals surface area contributed by atoms with Crippen LogP contribution in [0.2, 0.25) is 0 Å². The SMILES string of the molecule is Nc1ccc2c(-c3cn[nH]c3)n[nH]c2c1. The Morgan fingerprint density at radius 3 is 3.00 bits per heavy atom. The van der Waals surface area contributed by atoms with Gasteiger partial charge in [0.1, 0.15) is 5.69 Å². The third-order valence-corrected chi connectivity index (χ3v) is 2.36. The van der Waals surface area contributed by atoms with Gasteiger partial charge in [-0.25, -0.2) is 0 Å². The van der Waals surface area contributed by atoms with E-state index in [1.165, 1.54) is 0 Å². The Hall–Kier alpha value is -2.30.